The SMILES string of the molecule is Fc1ccc(Cn2nnnc2-c2cc(Cl)ccc2Cl)c(Cl)c1. The molecular weight excluding hydrogens is 350 g/mol. The number of tetrazole rings is 1. The Hall–Kier alpha value is -1.69. The van der Waals surface area contributed by atoms with Crippen LogP contribution in [0.25, 0.3) is 11.4 Å². The average Bonchev–Trinajstić information content (AvgIpc) is 2.92. The van der Waals surface area contributed by atoms with Crippen molar-refractivity contribution in [3.05, 3.63) is 62.8 Å². The van der Waals surface area contributed by atoms with Crippen LogP contribution in [0, 0.1) is 5.82 Å². The number of hydrogen-bond acceptors (Lipinski definition) is 3. The molecule has 0 saturated carbocycles. The first-order valence-electron chi connectivity index (χ1n) is 6.20. The minimum absolute atomic E-state index is 0.282. The number of benzene rings is 2. The average molecular weight is 358 g/mol. The molecule has 0 radical (unpaired) electrons. The van der Waals surface area contributed by atoms with Gasteiger partial charge in [0, 0.05) is 15.6 Å². The van der Waals surface area contributed by atoms with Crippen molar-refractivity contribution in [2.24, 2.45) is 0 Å². The molecule has 8 heteroatoms. The van der Waals surface area contributed by atoms with Crippen molar-refractivity contribution < 1.29 is 4.39 Å². The van der Waals surface area contributed by atoms with Crippen LogP contribution in [0.5, 0.6) is 0 Å². The van der Waals surface area contributed by atoms with E-state index in [1.54, 1.807) is 24.3 Å². The van der Waals surface area contributed by atoms with Gasteiger partial charge >= 0.3 is 0 Å². The number of halogens is 4. The van der Waals surface area contributed by atoms with Gasteiger partial charge < -0.3 is 0 Å². The Labute approximate surface area is 140 Å². The molecule has 0 saturated heterocycles. The third kappa shape index (κ3) is 3.06. The van der Waals surface area contributed by atoms with Crippen LogP contribution in [-0.4, -0.2) is 20.2 Å². The summed E-state index contributed by atoms with van der Waals surface area (Å²) in [7, 11) is 0. The molecule has 0 aliphatic carbocycles. The Morgan fingerprint density at radius 1 is 1.00 bits per heavy atom. The summed E-state index contributed by atoms with van der Waals surface area (Å²) in [5.74, 6) is 0.0523. The first kappa shape index (κ1) is 15.2. The van der Waals surface area contributed by atoms with Gasteiger partial charge in [-0.1, -0.05) is 40.9 Å². The Morgan fingerprint density at radius 2 is 1.82 bits per heavy atom. The van der Waals surface area contributed by atoms with E-state index in [4.69, 9.17) is 34.8 Å². The van der Waals surface area contributed by atoms with Crippen LogP contribution in [-0.2, 0) is 6.54 Å². The molecule has 0 bridgehead atoms. The van der Waals surface area contributed by atoms with E-state index < -0.39 is 5.82 Å². The molecule has 4 nitrogen and oxygen atoms in total. The Morgan fingerprint density at radius 3 is 2.59 bits per heavy atom. The normalized spacial score (nSPS) is 10.9. The van der Waals surface area contributed by atoms with Crippen LogP contribution in [0.1, 0.15) is 5.56 Å². The second kappa shape index (κ2) is 6.20. The third-order valence-corrected chi connectivity index (χ3v) is 3.95. The zero-order chi connectivity index (χ0) is 15.7. The molecule has 1 aromatic heterocycles. The van der Waals surface area contributed by atoms with Crippen molar-refractivity contribution in [2.75, 3.05) is 0 Å². The Kier molecular flexibility index (Phi) is 4.29. The van der Waals surface area contributed by atoms with Gasteiger partial charge in [-0.2, -0.15) is 0 Å². The minimum Gasteiger partial charge on any atom is -0.221 e. The molecule has 0 atom stereocenters. The molecule has 22 heavy (non-hydrogen) atoms. The van der Waals surface area contributed by atoms with Gasteiger partial charge in [0.1, 0.15) is 5.82 Å². The molecule has 0 N–H and O–H groups in total. The highest BCUT2D eigenvalue weighted by atomic mass is 35.5. The molecule has 1 heterocycles. The summed E-state index contributed by atoms with van der Waals surface area (Å²) in [6.07, 6.45) is 0. The monoisotopic (exact) mass is 356 g/mol. The van der Waals surface area contributed by atoms with Crippen molar-refractivity contribution in [3.8, 4) is 11.4 Å². The molecule has 0 fully saturated rings. The second-order valence-electron chi connectivity index (χ2n) is 4.52. The van der Waals surface area contributed by atoms with E-state index in [9.17, 15) is 4.39 Å². The van der Waals surface area contributed by atoms with Crippen LogP contribution < -0.4 is 0 Å². The molecule has 0 aliphatic rings. The number of hydrogen-bond donors (Lipinski definition) is 0. The topological polar surface area (TPSA) is 43.6 Å². The van der Waals surface area contributed by atoms with E-state index in [1.165, 1.54) is 16.8 Å². The summed E-state index contributed by atoms with van der Waals surface area (Å²) in [4.78, 5) is 0. The zero-order valence-electron chi connectivity index (χ0n) is 11.0. The third-order valence-electron chi connectivity index (χ3n) is 3.04. The van der Waals surface area contributed by atoms with Crippen molar-refractivity contribution in [1.82, 2.24) is 20.2 Å². The van der Waals surface area contributed by atoms with Gasteiger partial charge in [-0.05, 0) is 46.3 Å². The highest BCUT2D eigenvalue weighted by Gasteiger charge is 2.14. The predicted octanol–water partition coefficient (Wildman–Crippen LogP) is 4.49. The van der Waals surface area contributed by atoms with Crippen LogP contribution in [0.4, 0.5) is 4.39 Å². The molecular formula is C14H8Cl3FN4. The molecule has 3 aromatic rings. The predicted molar refractivity (Wildman–Crippen MR) is 83.8 cm³/mol. The summed E-state index contributed by atoms with van der Waals surface area (Å²) in [5, 5.41) is 12.9. The number of aromatic nitrogens is 4. The first-order chi connectivity index (χ1) is 10.5. The minimum atomic E-state index is -0.399. The molecule has 0 unspecified atom stereocenters. The van der Waals surface area contributed by atoms with Gasteiger partial charge in [-0.15, -0.1) is 5.10 Å². The van der Waals surface area contributed by atoms with E-state index in [0.29, 0.717) is 32.0 Å². The summed E-state index contributed by atoms with van der Waals surface area (Å²) in [5.41, 5.74) is 1.30. The molecule has 0 aliphatic heterocycles. The van der Waals surface area contributed by atoms with E-state index in [1.807, 2.05) is 0 Å². The lowest BCUT2D eigenvalue weighted by atomic mass is 10.2. The van der Waals surface area contributed by atoms with Crippen molar-refractivity contribution in [1.29, 1.82) is 0 Å². The van der Waals surface area contributed by atoms with Gasteiger partial charge in [0.2, 0.25) is 0 Å². The maximum atomic E-state index is 13.1. The van der Waals surface area contributed by atoms with Crippen molar-refractivity contribution in [2.45, 2.75) is 6.54 Å². The summed E-state index contributed by atoms with van der Waals surface area (Å²) in [6, 6.07) is 9.19. The standard InChI is InChI=1S/C14H8Cl3FN4/c15-9-2-4-12(16)11(5-9)14-19-20-21-22(14)7-8-1-3-10(18)6-13(8)17/h1-6H,7H2. The fourth-order valence-corrected chi connectivity index (χ4v) is 2.59. The van der Waals surface area contributed by atoms with Crippen molar-refractivity contribution in [3.63, 3.8) is 0 Å². The Balaban J connectivity index is 2.00. The van der Waals surface area contributed by atoms with Crippen molar-refractivity contribution >= 4 is 34.8 Å². The van der Waals surface area contributed by atoms with Crippen LogP contribution in [0.3, 0.4) is 0 Å². The summed E-state index contributed by atoms with van der Waals surface area (Å²) in [6.45, 7) is 0.282. The second-order valence-corrected chi connectivity index (χ2v) is 5.77. The van der Waals surface area contributed by atoms with Gasteiger partial charge in [0.15, 0.2) is 5.82 Å². The summed E-state index contributed by atoms with van der Waals surface area (Å²) >= 11 is 18.2. The Bertz CT molecular complexity index is 835. The zero-order valence-corrected chi connectivity index (χ0v) is 13.2. The molecule has 112 valence electrons. The maximum absolute atomic E-state index is 13.1. The lowest BCUT2D eigenvalue weighted by Gasteiger charge is -2.08. The molecule has 0 spiro atoms. The lowest BCUT2D eigenvalue weighted by Crippen LogP contribution is -2.05. The van der Waals surface area contributed by atoms with Crippen LogP contribution in [0.2, 0.25) is 15.1 Å². The highest BCUT2D eigenvalue weighted by Crippen LogP contribution is 2.29. The van der Waals surface area contributed by atoms with E-state index in [-0.39, 0.29) is 6.54 Å². The van der Waals surface area contributed by atoms with E-state index in [0.717, 1.165) is 0 Å². The quantitative estimate of drug-likeness (QED) is 0.694. The fourth-order valence-electron chi connectivity index (χ4n) is 1.98. The van der Waals surface area contributed by atoms with E-state index >= 15 is 0 Å². The maximum Gasteiger partial charge on any atom is 0.183 e. The smallest absolute Gasteiger partial charge is 0.183 e. The van der Waals surface area contributed by atoms with Crippen LogP contribution >= 0.6 is 34.8 Å². The van der Waals surface area contributed by atoms with Crippen LogP contribution in [0.15, 0.2) is 36.4 Å². The molecule has 3 rings (SSSR count). The fraction of sp³-hybridized carbons (Fsp3) is 0.0714. The van der Waals surface area contributed by atoms with Gasteiger partial charge in [0.25, 0.3) is 0 Å². The lowest BCUT2D eigenvalue weighted by molar-refractivity contribution is 0.622. The highest BCUT2D eigenvalue weighted by molar-refractivity contribution is 6.35. The number of rotatable bonds is 3. The number of nitrogens with zero attached hydrogens (tertiary/aromatic N) is 4. The molecule has 0 amide bonds. The first-order valence-corrected chi connectivity index (χ1v) is 7.33. The van der Waals surface area contributed by atoms with Gasteiger partial charge in [-0.25, -0.2) is 9.07 Å². The van der Waals surface area contributed by atoms with E-state index in [2.05, 4.69) is 15.5 Å². The van der Waals surface area contributed by atoms with Gasteiger partial charge in [0.05, 0.1) is 11.6 Å². The summed E-state index contributed by atoms with van der Waals surface area (Å²) < 4.78 is 14.6. The largest absolute Gasteiger partial charge is 0.221 e. The van der Waals surface area contributed by atoms with Gasteiger partial charge in [-0.3, -0.25) is 0 Å². The molecule has 2 aromatic carbocycles.